The second kappa shape index (κ2) is 8.81. The Kier molecular flexibility index (Phi) is 5.98. The van der Waals surface area contributed by atoms with E-state index in [1.54, 1.807) is 0 Å². The molecular weight excluding hydrogens is 356 g/mol. The van der Waals surface area contributed by atoms with Gasteiger partial charge >= 0.3 is 0 Å². The number of likely N-dealkylation sites (tertiary alicyclic amines) is 1. The molecule has 3 aromatic rings. The Morgan fingerprint density at radius 2 is 1.31 bits per heavy atom. The van der Waals surface area contributed by atoms with Crippen molar-refractivity contribution in [3.63, 3.8) is 0 Å². The third-order valence-corrected chi connectivity index (χ3v) is 6.30. The van der Waals surface area contributed by atoms with Crippen molar-refractivity contribution in [1.82, 2.24) is 4.90 Å². The van der Waals surface area contributed by atoms with Gasteiger partial charge in [-0.1, -0.05) is 72.8 Å². The van der Waals surface area contributed by atoms with Crippen LogP contribution >= 0.6 is 0 Å². The maximum atomic E-state index is 12.0. The van der Waals surface area contributed by atoms with Crippen LogP contribution in [0.25, 0.3) is 0 Å². The molecule has 0 radical (unpaired) electrons. The smallest absolute Gasteiger partial charge is 0.117 e. The van der Waals surface area contributed by atoms with Gasteiger partial charge in [0.2, 0.25) is 0 Å². The molecule has 1 saturated heterocycles. The van der Waals surface area contributed by atoms with Crippen molar-refractivity contribution in [3.05, 3.63) is 102 Å². The highest BCUT2D eigenvalue weighted by atomic mass is 16.3. The molecule has 0 amide bonds. The zero-order valence-corrected chi connectivity index (χ0v) is 16.9. The molecule has 0 atom stereocenters. The second-order valence-electron chi connectivity index (χ2n) is 8.11. The highest BCUT2D eigenvalue weighted by Crippen LogP contribution is 2.41. The molecule has 0 bridgehead atoms. The van der Waals surface area contributed by atoms with Crippen LogP contribution in [0.3, 0.4) is 0 Å². The summed E-state index contributed by atoms with van der Waals surface area (Å²) in [5, 5.41) is 12.0. The third kappa shape index (κ3) is 4.36. The number of hydrogen-bond donors (Lipinski definition) is 2. The highest BCUT2D eigenvalue weighted by molar-refractivity contribution is 5.39. The fraction of sp³-hybridized carbons (Fsp3) is 0.308. The monoisotopic (exact) mass is 386 g/mol. The van der Waals surface area contributed by atoms with Gasteiger partial charge in [-0.3, -0.25) is 0 Å². The summed E-state index contributed by atoms with van der Waals surface area (Å²) in [6.07, 6.45) is 3.01. The number of nitrogens with two attached hydrogens (primary N) is 1. The Bertz CT molecular complexity index is 846. The minimum Gasteiger partial charge on any atom is -0.399 e. The number of rotatable bonds is 6. The van der Waals surface area contributed by atoms with Crippen molar-refractivity contribution in [2.75, 3.05) is 25.4 Å². The summed E-state index contributed by atoms with van der Waals surface area (Å²) in [6, 6.07) is 28.5. The lowest BCUT2D eigenvalue weighted by atomic mass is 9.72. The molecule has 3 heteroatoms. The number of benzene rings is 3. The van der Waals surface area contributed by atoms with Gasteiger partial charge in [0, 0.05) is 12.2 Å². The molecule has 1 heterocycles. The molecule has 0 spiro atoms. The fourth-order valence-electron chi connectivity index (χ4n) is 4.57. The van der Waals surface area contributed by atoms with Gasteiger partial charge in [-0.15, -0.1) is 0 Å². The molecule has 0 aromatic heterocycles. The summed E-state index contributed by atoms with van der Waals surface area (Å²) in [6.45, 7) is 3.08. The van der Waals surface area contributed by atoms with Gasteiger partial charge in [0.25, 0.3) is 0 Å². The van der Waals surface area contributed by atoms with Gasteiger partial charge < -0.3 is 15.7 Å². The van der Waals surface area contributed by atoms with Crippen LogP contribution in [0.1, 0.15) is 29.5 Å². The van der Waals surface area contributed by atoms with Gasteiger partial charge in [0.05, 0.1) is 0 Å². The van der Waals surface area contributed by atoms with Crippen LogP contribution < -0.4 is 5.73 Å². The maximum Gasteiger partial charge on any atom is 0.117 e. The van der Waals surface area contributed by atoms with Gasteiger partial charge in [-0.25, -0.2) is 0 Å². The fourth-order valence-corrected chi connectivity index (χ4v) is 4.57. The molecule has 150 valence electrons. The summed E-state index contributed by atoms with van der Waals surface area (Å²) >= 11 is 0. The summed E-state index contributed by atoms with van der Waals surface area (Å²) in [5.74, 6) is 0.208. The molecule has 0 saturated carbocycles. The van der Waals surface area contributed by atoms with Crippen molar-refractivity contribution < 1.29 is 5.11 Å². The van der Waals surface area contributed by atoms with Gasteiger partial charge in [-0.2, -0.15) is 0 Å². The Labute approximate surface area is 173 Å². The minimum atomic E-state index is -0.939. The number of hydrogen-bond acceptors (Lipinski definition) is 3. The van der Waals surface area contributed by atoms with Crippen molar-refractivity contribution in [1.29, 1.82) is 0 Å². The first-order valence-electron chi connectivity index (χ1n) is 10.6. The van der Waals surface area contributed by atoms with E-state index in [2.05, 4.69) is 41.3 Å². The molecule has 1 aliphatic rings. The van der Waals surface area contributed by atoms with E-state index >= 15 is 0 Å². The van der Waals surface area contributed by atoms with E-state index in [4.69, 9.17) is 5.73 Å². The summed E-state index contributed by atoms with van der Waals surface area (Å²) in [5.41, 5.74) is 8.97. The van der Waals surface area contributed by atoms with Crippen molar-refractivity contribution in [3.8, 4) is 0 Å². The molecule has 4 rings (SSSR count). The SMILES string of the molecule is Nc1ccc(CCN2CCC(C(O)(c3ccccc3)c3ccccc3)CC2)cc1. The van der Waals surface area contributed by atoms with Crippen LogP contribution in [-0.2, 0) is 12.0 Å². The zero-order chi connectivity index (χ0) is 20.1. The Hall–Kier alpha value is -2.62. The maximum absolute atomic E-state index is 12.0. The first kappa shape index (κ1) is 19.7. The number of aliphatic hydroxyl groups is 1. The molecule has 3 aromatic carbocycles. The van der Waals surface area contributed by atoms with Crippen LogP contribution in [0, 0.1) is 5.92 Å². The average Bonchev–Trinajstić information content (AvgIpc) is 2.80. The molecule has 0 aliphatic carbocycles. The summed E-state index contributed by atoms with van der Waals surface area (Å²) in [7, 11) is 0. The Balaban J connectivity index is 1.45. The van der Waals surface area contributed by atoms with Gasteiger partial charge in [0.1, 0.15) is 5.60 Å². The molecule has 3 N–H and O–H groups in total. The number of anilines is 1. The lowest BCUT2D eigenvalue weighted by molar-refractivity contribution is -0.0140. The molecular formula is C26H30N2O. The van der Waals surface area contributed by atoms with E-state index in [0.717, 1.165) is 55.7 Å². The topological polar surface area (TPSA) is 49.5 Å². The Morgan fingerprint density at radius 1 is 0.793 bits per heavy atom. The van der Waals surface area contributed by atoms with Crippen molar-refractivity contribution in [2.24, 2.45) is 5.92 Å². The molecule has 29 heavy (non-hydrogen) atoms. The number of nitrogens with zero attached hydrogens (tertiary/aromatic N) is 1. The molecule has 1 aliphatic heterocycles. The molecule has 3 nitrogen and oxygen atoms in total. The van der Waals surface area contributed by atoms with Crippen LogP contribution in [0.2, 0.25) is 0 Å². The van der Waals surface area contributed by atoms with E-state index in [9.17, 15) is 5.11 Å². The first-order chi connectivity index (χ1) is 14.2. The predicted molar refractivity (Wildman–Crippen MR) is 120 cm³/mol. The van der Waals surface area contributed by atoms with Crippen molar-refractivity contribution >= 4 is 5.69 Å². The highest BCUT2D eigenvalue weighted by Gasteiger charge is 2.41. The predicted octanol–water partition coefficient (Wildman–Crippen LogP) is 4.46. The van der Waals surface area contributed by atoms with Gasteiger partial charge in [-0.05, 0) is 67.1 Å². The van der Waals surface area contributed by atoms with E-state index in [1.807, 2.05) is 48.5 Å². The number of nitrogen functional groups attached to an aromatic ring is 1. The first-order valence-corrected chi connectivity index (χ1v) is 10.6. The van der Waals surface area contributed by atoms with E-state index in [1.165, 1.54) is 5.56 Å². The normalized spacial score (nSPS) is 16.0. The average molecular weight is 387 g/mol. The number of piperidine rings is 1. The Morgan fingerprint density at radius 3 is 1.83 bits per heavy atom. The van der Waals surface area contributed by atoms with Crippen LogP contribution in [-0.4, -0.2) is 29.6 Å². The largest absolute Gasteiger partial charge is 0.399 e. The van der Waals surface area contributed by atoms with Crippen LogP contribution in [0.5, 0.6) is 0 Å². The second-order valence-corrected chi connectivity index (χ2v) is 8.11. The van der Waals surface area contributed by atoms with Crippen LogP contribution in [0.4, 0.5) is 5.69 Å². The lowest BCUT2D eigenvalue weighted by Crippen LogP contribution is -2.44. The minimum absolute atomic E-state index is 0.208. The summed E-state index contributed by atoms with van der Waals surface area (Å²) < 4.78 is 0. The van der Waals surface area contributed by atoms with Crippen molar-refractivity contribution in [2.45, 2.75) is 24.9 Å². The quantitative estimate of drug-likeness (QED) is 0.615. The lowest BCUT2D eigenvalue weighted by Gasteiger charge is -2.42. The van der Waals surface area contributed by atoms with Gasteiger partial charge in [0.15, 0.2) is 0 Å². The summed E-state index contributed by atoms with van der Waals surface area (Å²) in [4.78, 5) is 2.52. The van der Waals surface area contributed by atoms with E-state index in [-0.39, 0.29) is 5.92 Å². The third-order valence-electron chi connectivity index (χ3n) is 6.30. The molecule has 1 fully saturated rings. The standard InChI is InChI=1S/C26H30N2O/c27-25-13-11-21(12-14-25)15-18-28-19-16-24(17-20-28)26(29,22-7-3-1-4-8-22)23-9-5-2-6-10-23/h1-14,24,29H,15-20,27H2. The zero-order valence-electron chi connectivity index (χ0n) is 16.9. The van der Waals surface area contributed by atoms with E-state index < -0.39 is 5.60 Å². The van der Waals surface area contributed by atoms with E-state index in [0.29, 0.717) is 0 Å². The molecule has 0 unspecified atom stereocenters. The van der Waals surface area contributed by atoms with Crippen LogP contribution in [0.15, 0.2) is 84.9 Å².